The molecule has 5 heteroatoms. The summed E-state index contributed by atoms with van der Waals surface area (Å²) in [5.74, 6) is -0.301. The van der Waals surface area contributed by atoms with Gasteiger partial charge in [-0.25, -0.2) is 0 Å². The van der Waals surface area contributed by atoms with E-state index < -0.39 is 0 Å². The second kappa shape index (κ2) is 6.44. The summed E-state index contributed by atoms with van der Waals surface area (Å²) < 4.78 is 0. The van der Waals surface area contributed by atoms with Crippen LogP contribution in [-0.4, -0.2) is 26.0 Å². The van der Waals surface area contributed by atoms with Gasteiger partial charge in [-0.15, -0.1) is 0 Å². The summed E-state index contributed by atoms with van der Waals surface area (Å²) in [4.78, 5) is 11.7. The highest BCUT2D eigenvalue weighted by atomic mass is 16.1. The summed E-state index contributed by atoms with van der Waals surface area (Å²) in [6.45, 7) is 1.71. The minimum absolute atomic E-state index is 0.0155. The Morgan fingerprint density at radius 2 is 1.83 bits per heavy atom. The van der Waals surface area contributed by atoms with E-state index in [1.807, 2.05) is 31.3 Å². The molecule has 0 aliphatic carbocycles. The third-order valence-electron chi connectivity index (χ3n) is 2.43. The first-order chi connectivity index (χ1) is 8.56. The van der Waals surface area contributed by atoms with E-state index in [9.17, 15) is 4.79 Å². The largest absolute Gasteiger partial charge is 0.388 e. The third-order valence-corrected chi connectivity index (χ3v) is 2.43. The number of benzene rings is 1. The van der Waals surface area contributed by atoms with Crippen LogP contribution in [0.25, 0.3) is 6.08 Å². The molecule has 0 spiro atoms. The number of amides is 1. The van der Waals surface area contributed by atoms with Gasteiger partial charge in [-0.1, -0.05) is 12.1 Å². The van der Waals surface area contributed by atoms with Crippen molar-refractivity contribution in [2.75, 3.05) is 19.4 Å². The van der Waals surface area contributed by atoms with Gasteiger partial charge in [-0.05, 0) is 30.7 Å². The van der Waals surface area contributed by atoms with Crippen molar-refractivity contribution in [1.82, 2.24) is 10.6 Å². The Kier molecular flexibility index (Phi) is 4.92. The summed E-state index contributed by atoms with van der Waals surface area (Å²) in [7, 11) is 3.44. The summed E-state index contributed by atoms with van der Waals surface area (Å²) in [6, 6.07) is 7.72. The van der Waals surface area contributed by atoms with Gasteiger partial charge in [-0.2, -0.15) is 0 Å². The fraction of sp³-hybridized carbons (Fsp3) is 0.231. The number of hydrogen-bond acceptors (Lipinski definition) is 3. The normalized spacial score (nSPS) is 10.7. The van der Waals surface area contributed by atoms with Crippen molar-refractivity contribution in [3.63, 3.8) is 0 Å². The molecule has 1 rings (SSSR count). The molecule has 0 saturated heterocycles. The molecule has 0 bridgehead atoms. The van der Waals surface area contributed by atoms with Crippen molar-refractivity contribution in [2.24, 2.45) is 0 Å². The summed E-state index contributed by atoms with van der Waals surface area (Å²) >= 11 is 0. The molecular formula is C13H18N4O. The first kappa shape index (κ1) is 13.8. The molecule has 4 N–H and O–H groups in total. The molecule has 18 heavy (non-hydrogen) atoms. The first-order valence-electron chi connectivity index (χ1n) is 5.60. The van der Waals surface area contributed by atoms with Gasteiger partial charge < -0.3 is 10.6 Å². The van der Waals surface area contributed by atoms with Gasteiger partial charge in [0.05, 0.1) is 0 Å². The van der Waals surface area contributed by atoms with E-state index in [0.29, 0.717) is 5.57 Å². The predicted octanol–water partition coefficient (Wildman–Crippen LogP) is 1.40. The lowest BCUT2D eigenvalue weighted by Gasteiger charge is -2.06. The molecule has 96 valence electrons. The van der Waals surface area contributed by atoms with E-state index in [1.54, 1.807) is 20.0 Å². The Morgan fingerprint density at radius 3 is 2.33 bits per heavy atom. The molecule has 5 nitrogen and oxygen atoms in total. The Hall–Kier alpha value is -2.30. The number of carbonyl (C=O) groups excluding carboxylic acids is 1. The SMILES string of the molecule is CNC(=N)NC(=O)/C(C)=C/c1ccc(NC)cc1. The third kappa shape index (κ3) is 3.93. The number of carbonyl (C=O) groups is 1. The molecule has 0 radical (unpaired) electrons. The van der Waals surface area contributed by atoms with E-state index >= 15 is 0 Å². The highest BCUT2D eigenvalue weighted by Crippen LogP contribution is 2.11. The molecule has 0 aromatic heterocycles. The fourth-order valence-corrected chi connectivity index (χ4v) is 1.34. The van der Waals surface area contributed by atoms with Gasteiger partial charge in [0, 0.05) is 25.4 Å². The zero-order valence-corrected chi connectivity index (χ0v) is 10.8. The predicted molar refractivity (Wildman–Crippen MR) is 74.6 cm³/mol. The van der Waals surface area contributed by atoms with Crippen LogP contribution in [0.1, 0.15) is 12.5 Å². The van der Waals surface area contributed by atoms with Crippen molar-refractivity contribution in [3.05, 3.63) is 35.4 Å². The zero-order valence-electron chi connectivity index (χ0n) is 10.8. The molecule has 1 aromatic rings. The Morgan fingerprint density at radius 1 is 1.22 bits per heavy atom. The highest BCUT2D eigenvalue weighted by molar-refractivity contribution is 6.06. The first-order valence-corrected chi connectivity index (χ1v) is 5.60. The van der Waals surface area contributed by atoms with Gasteiger partial charge >= 0.3 is 0 Å². The van der Waals surface area contributed by atoms with Crippen LogP contribution < -0.4 is 16.0 Å². The van der Waals surface area contributed by atoms with Crippen LogP contribution in [0.3, 0.4) is 0 Å². The highest BCUT2D eigenvalue weighted by Gasteiger charge is 2.05. The topological polar surface area (TPSA) is 77.0 Å². The monoisotopic (exact) mass is 246 g/mol. The molecule has 0 fully saturated rings. The summed E-state index contributed by atoms with van der Waals surface area (Å²) in [5, 5.41) is 15.3. The minimum Gasteiger partial charge on any atom is -0.388 e. The van der Waals surface area contributed by atoms with Gasteiger partial charge in [0.2, 0.25) is 0 Å². The van der Waals surface area contributed by atoms with Crippen LogP contribution in [0, 0.1) is 5.41 Å². The molecule has 0 saturated carbocycles. The Balaban J connectivity index is 2.75. The Labute approximate surface area is 107 Å². The molecule has 0 atom stereocenters. The van der Waals surface area contributed by atoms with Gasteiger partial charge in [0.15, 0.2) is 5.96 Å². The van der Waals surface area contributed by atoms with Crippen molar-refractivity contribution < 1.29 is 4.79 Å². The number of rotatable bonds is 3. The summed E-state index contributed by atoms with van der Waals surface area (Å²) in [5.41, 5.74) is 2.51. The maximum atomic E-state index is 11.7. The maximum Gasteiger partial charge on any atom is 0.253 e. The standard InChI is InChI=1S/C13H18N4O/c1-9(12(18)17-13(14)16-3)8-10-4-6-11(15-2)7-5-10/h4-8,15H,1-3H3,(H3,14,16,17,18)/b9-8+. The fourth-order valence-electron chi connectivity index (χ4n) is 1.34. The van der Waals surface area contributed by atoms with E-state index in [2.05, 4.69) is 16.0 Å². The lowest BCUT2D eigenvalue weighted by atomic mass is 10.1. The van der Waals surface area contributed by atoms with Crippen LogP contribution in [0.2, 0.25) is 0 Å². The Bertz CT molecular complexity index is 462. The van der Waals surface area contributed by atoms with Crippen LogP contribution in [-0.2, 0) is 4.79 Å². The molecule has 1 amide bonds. The van der Waals surface area contributed by atoms with E-state index in [4.69, 9.17) is 5.41 Å². The average molecular weight is 246 g/mol. The number of hydrogen-bond donors (Lipinski definition) is 4. The number of nitrogens with one attached hydrogen (secondary N) is 4. The molecule has 0 aliphatic rings. The number of anilines is 1. The van der Waals surface area contributed by atoms with Crippen LogP contribution in [0.5, 0.6) is 0 Å². The molecule has 0 unspecified atom stereocenters. The molecule has 0 aliphatic heterocycles. The van der Waals surface area contributed by atoms with Crippen LogP contribution in [0.15, 0.2) is 29.8 Å². The average Bonchev–Trinajstić information content (AvgIpc) is 2.39. The zero-order chi connectivity index (χ0) is 13.5. The summed E-state index contributed by atoms with van der Waals surface area (Å²) in [6.07, 6.45) is 1.78. The molecule has 1 aromatic carbocycles. The smallest absolute Gasteiger partial charge is 0.253 e. The van der Waals surface area contributed by atoms with E-state index in [0.717, 1.165) is 11.3 Å². The lowest BCUT2D eigenvalue weighted by Crippen LogP contribution is -2.38. The van der Waals surface area contributed by atoms with Gasteiger partial charge in [0.1, 0.15) is 0 Å². The minimum atomic E-state index is -0.285. The van der Waals surface area contributed by atoms with E-state index in [1.165, 1.54) is 0 Å². The van der Waals surface area contributed by atoms with Crippen molar-refractivity contribution in [1.29, 1.82) is 5.41 Å². The van der Waals surface area contributed by atoms with Crippen molar-refractivity contribution in [3.8, 4) is 0 Å². The van der Waals surface area contributed by atoms with Gasteiger partial charge in [-0.3, -0.25) is 15.5 Å². The van der Waals surface area contributed by atoms with E-state index in [-0.39, 0.29) is 11.9 Å². The molecular weight excluding hydrogens is 228 g/mol. The second-order valence-electron chi connectivity index (χ2n) is 3.78. The van der Waals surface area contributed by atoms with Gasteiger partial charge in [0.25, 0.3) is 5.91 Å². The lowest BCUT2D eigenvalue weighted by molar-refractivity contribution is -0.116. The maximum absolute atomic E-state index is 11.7. The van der Waals surface area contributed by atoms with Crippen LogP contribution in [0.4, 0.5) is 5.69 Å². The van der Waals surface area contributed by atoms with Crippen LogP contribution >= 0.6 is 0 Å². The van der Waals surface area contributed by atoms with Crippen molar-refractivity contribution >= 4 is 23.6 Å². The number of guanidine groups is 1. The second-order valence-corrected chi connectivity index (χ2v) is 3.78. The van der Waals surface area contributed by atoms with Crippen molar-refractivity contribution in [2.45, 2.75) is 6.92 Å². The quantitative estimate of drug-likeness (QED) is 0.370. The molecule has 0 heterocycles.